The van der Waals surface area contributed by atoms with E-state index in [1.165, 1.54) is 6.40 Å². The molecule has 0 N–H and O–H groups in total. The van der Waals surface area contributed by atoms with Gasteiger partial charge in [-0.05, 0) is 6.92 Å². The molecule has 0 aromatic carbocycles. The van der Waals surface area contributed by atoms with Gasteiger partial charge >= 0.3 is 0 Å². The fraction of sp³-hybridized carbons (Fsp3) is 0.667. The summed E-state index contributed by atoms with van der Waals surface area (Å²) in [6.45, 7) is 2.61. The molecule has 6 heavy (non-hydrogen) atoms. The van der Waals surface area contributed by atoms with Gasteiger partial charge in [0.15, 0.2) is 6.40 Å². The molecule has 0 saturated carbocycles. The van der Waals surface area contributed by atoms with E-state index in [0.717, 1.165) is 0 Å². The zero-order valence-electron chi connectivity index (χ0n) is 3.52. The molecule has 2 nitrogen and oxygen atoms in total. The highest BCUT2D eigenvalue weighted by molar-refractivity contribution is 6.11. The van der Waals surface area contributed by atoms with Crippen LogP contribution in [0, 0.1) is 0 Å². The Kier molecular flexibility index (Phi) is 4.57. The summed E-state index contributed by atoms with van der Waals surface area (Å²) in [6, 6.07) is 0. The van der Waals surface area contributed by atoms with Crippen LogP contribution < -0.4 is 0 Å². The van der Waals surface area contributed by atoms with Crippen LogP contribution in [-0.4, -0.2) is 12.9 Å². The molecular formula is C3H6ClNO. The van der Waals surface area contributed by atoms with Gasteiger partial charge in [-0.25, -0.2) is 0 Å². The maximum absolute atomic E-state index is 4.73. The molecule has 0 aliphatic heterocycles. The molecule has 0 aliphatic rings. The predicted octanol–water partition coefficient (Wildman–Crippen LogP) is 1.21. The van der Waals surface area contributed by atoms with Crippen molar-refractivity contribution in [3.05, 3.63) is 0 Å². The van der Waals surface area contributed by atoms with Crippen LogP contribution in [0.5, 0.6) is 0 Å². The van der Waals surface area contributed by atoms with Crippen LogP contribution in [0.3, 0.4) is 0 Å². The Morgan fingerprint density at radius 3 is 2.83 bits per heavy atom. The number of halogens is 1. The summed E-state index contributed by atoms with van der Waals surface area (Å²) in [6.07, 6.45) is 1.20. The van der Waals surface area contributed by atoms with E-state index >= 15 is 0 Å². The largest absolute Gasteiger partial charge is 0.373 e. The lowest BCUT2D eigenvalue weighted by Gasteiger charge is -1.75. The van der Waals surface area contributed by atoms with E-state index in [1.54, 1.807) is 0 Å². The summed E-state index contributed by atoms with van der Waals surface area (Å²) >= 11 is 4.73. The number of aliphatic imine (C=N–C) groups is 1. The molecule has 0 aromatic heterocycles. The molecule has 3 heteroatoms. The van der Waals surface area contributed by atoms with Crippen LogP contribution in [0.2, 0.25) is 0 Å². The SMILES string of the molecule is CCN=COCl. The molecule has 0 unspecified atom stereocenters. The van der Waals surface area contributed by atoms with E-state index in [9.17, 15) is 0 Å². The lowest BCUT2D eigenvalue weighted by atomic mass is 10.8. The van der Waals surface area contributed by atoms with E-state index in [0.29, 0.717) is 6.54 Å². The predicted molar refractivity (Wildman–Crippen MR) is 26.0 cm³/mol. The topological polar surface area (TPSA) is 21.6 Å². The van der Waals surface area contributed by atoms with E-state index in [2.05, 4.69) is 9.28 Å². The van der Waals surface area contributed by atoms with Crippen molar-refractivity contribution in [2.45, 2.75) is 6.92 Å². The van der Waals surface area contributed by atoms with Crippen molar-refractivity contribution in [2.24, 2.45) is 4.99 Å². The summed E-state index contributed by atoms with van der Waals surface area (Å²) < 4.78 is 3.96. The van der Waals surface area contributed by atoms with Gasteiger partial charge in [-0.2, -0.15) is 0 Å². The highest BCUT2D eigenvalue weighted by Crippen LogP contribution is 1.70. The second-order valence-electron chi connectivity index (χ2n) is 0.693. The monoisotopic (exact) mass is 107 g/mol. The molecule has 0 atom stereocenters. The zero-order chi connectivity index (χ0) is 4.83. The summed E-state index contributed by atoms with van der Waals surface area (Å²) in [5, 5.41) is 0. The van der Waals surface area contributed by atoms with Crippen molar-refractivity contribution in [1.82, 2.24) is 0 Å². The van der Waals surface area contributed by atoms with Gasteiger partial charge in [-0.15, -0.1) is 0 Å². The summed E-state index contributed by atoms with van der Waals surface area (Å²) in [7, 11) is 0. The smallest absolute Gasteiger partial charge is 0.195 e. The third kappa shape index (κ3) is 3.76. The van der Waals surface area contributed by atoms with Crippen molar-refractivity contribution in [1.29, 1.82) is 0 Å². The van der Waals surface area contributed by atoms with Crippen LogP contribution in [0.1, 0.15) is 6.92 Å². The van der Waals surface area contributed by atoms with Crippen LogP contribution in [0.15, 0.2) is 4.99 Å². The highest BCUT2D eigenvalue weighted by Gasteiger charge is 1.60. The Balaban J connectivity index is 2.73. The summed E-state index contributed by atoms with van der Waals surface area (Å²) in [5.74, 6) is 0. The highest BCUT2D eigenvalue weighted by atomic mass is 35.5. The van der Waals surface area contributed by atoms with Crippen molar-refractivity contribution in [3.63, 3.8) is 0 Å². The van der Waals surface area contributed by atoms with Gasteiger partial charge < -0.3 is 4.29 Å². The molecule has 36 valence electrons. The number of nitrogens with zero attached hydrogens (tertiary/aromatic N) is 1. The van der Waals surface area contributed by atoms with Gasteiger partial charge in [0, 0.05) is 6.54 Å². The zero-order valence-corrected chi connectivity index (χ0v) is 4.27. The molecule has 0 saturated heterocycles. The third-order valence-electron chi connectivity index (χ3n) is 0.297. The molecule has 0 amide bonds. The van der Waals surface area contributed by atoms with Gasteiger partial charge in [0.25, 0.3) is 0 Å². The van der Waals surface area contributed by atoms with E-state index in [4.69, 9.17) is 11.9 Å². The van der Waals surface area contributed by atoms with Gasteiger partial charge in [0.2, 0.25) is 0 Å². The van der Waals surface area contributed by atoms with Crippen LogP contribution in [0.25, 0.3) is 0 Å². The van der Waals surface area contributed by atoms with Crippen LogP contribution in [-0.2, 0) is 4.29 Å². The Labute approximate surface area is 42.0 Å². The molecule has 0 aliphatic carbocycles. The maximum atomic E-state index is 4.73. The molecule has 0 aromatic rings. The molecule has 0 fully saturated rings. The first-order valence-electron chi connectivity index (χ1n) is 1.67. The molecule has 0 bridgehead atoms. The normalized spacial score (nSPS) is 9.67. The van der Waals surface area contributed by atoms with Gasteiger partial charge in [-0.1, -0.05) is 0 Å². The minimum Gasteiger partial charge on any atom is -0.373 e. The van der Waals surface area contributed by atoms with Gasteiger partial charge in [0.05, 0.1) is 0 Å². The standard InChI is InChI=1S/C3H6ClNO/c1-2-5-3-6-4/h3H,2H2,1H3. The van der Waals surface area contributed by atoms with Crippen LogP contribution in [0.4, 0.5) is 0 Å². The van der Waals surface area contributed by atoms with Gasteiger partial charge in [-0.3, -0.25) is 4.99 Å². The lowest BCUT2D eigenvalue weighted by Crippen LogP contribution is -1.70. The Morgan fingerprint density at radius 2 is 2.67 bits per heavy atom. The molecular weight excluding hydrogens is 101 g/mol. The average Bonchev–Trinajstić information content (AvgIpc) is 1.61. The second kappa shape index (κ2) is 4.76. The lowest BCUT2D eigenvalue weighted by molar-refractivity contribution is 0.639. The Bertz CT molecular complexity index is 40.1. The Hall–Kier alpha value is -0.240. The number of hydrogen-bond donors (Lipinski definition) is 0. The van der Waals surface area contributed by atoms with Crippen molar-refractivity contribution >= 4 is 18.3 Å². The van der Waals surface area contributed by atoms with Crippen molar-refractivity contribution in [2.75, 3.05) is 6.54 Å². The fourth-order valence-electron chi connectivity index (χ4n) is 0.103. The summed E-state index contributed by atoms with van der Waals surface area (Å²) in [5.41, 5.74) is 0. The number of rotatable bonds is 2. The van der Waals surface area contributed by atoms with Crippen molar-refractivity contribution < 1.29 is 4.29 Å². The van der Waals surface area contributed by atoms with Crippen LogP contribution >= 0.6 is 11.9 Å². The second-order valence-corrected chi connectivity index (χ2v) is 0.871. The van der Waals surface area contributed by atoms with E-state index in [1.807, 2.05) is 6.92 Å². The minimum atomic E-state index is 0.715. The van der Waals surface area contributed by atoms with E-state index in [-0.39, 0.29) is 0 Å². The first-order valence-corrected chi connectivity index (χ1v) is 1.98. The molecule has 0 heterocycles. The average molecular weight is 108 g/mol. The van der Waals surface area contributed by atoms with Crippen molar-refractivity contribution in [3.8, 4) is 0 Å². The minimum absolute atomic E-state index is 0.715. The molecule has 0 radical (unpaired) electrons. The molecule has 0 spiro atoms. The van der Waals surface area contributed by atoms with E-state index < -0.39 is 0 Å². The van der Waals surface area contributed by atoms with Gasteiger partial charge in [0.1, 0.15) is 11.9 Å². The first-order chi connectivity index (χ1) is 2.91. The Morgan fingerprint density at radius 1 is 2.00 bits per heavy atom. The number of hydrogen-bond acceptors (Lipinski definition) is 2. The maximum Gasteiger partial charge on any atom is 0.195 e. The summed E-state index contributed by atoms with van der Waals surface area (Å²) in [4.78, 5) is 3.61. The third-order valence-corrected chi connectivity index (χ3v) is 0.377. The molecule has 0 rings (SSSR count). The fourth-order valence-corrected chi connectivity index (χ4v) is 0.159. The quantitative estimate of drug-likeness (QED) is 0.384. The first kappa shape index (κ1) is 5.76.